The Balaban J connectivity index is 2.62. The molecular weight excluding hydrogens is 278 g/mol. The molecule has 0 spiro atoms. The fourth-order valence-electron chi connectivity index (χ4n) is 2.29. The van der Waals surface area contributed by atoms with E-state index in [4.69, 9.17) is 5.11 Å². The van der Waals surface area contributed by atoms with Crippen LogP contribution >= 0.6 is 11.8 Å². The van der Waals surface area contributed by atoms with Crippen molar-refractivity contribution < 1.29 is 14.7 Å². The van der Waals surface area contributed by atoms with Crippen LogP contribution in [0.5, 0.6) is 0 Å². The number of rotatable bonds is 6. The second-order valence-electron chi connectivity index (χ2n) is 5.86. The first-order valence-electron chi connectivity index (χ1n) is 6.83. The van der Waals surface area contributed by atoms with Gasteiger partial charge in [-0.25, -0.2) is 9.59 Å². The van der Waals surface area contributed by atoms with Crippen molar-refractivity contribution in [2.75, 3.05) is 32.3 Å². The molecular formula is C13H25N3O3S. The first-order chi connectivity index (χ1) is 9.31. The van der Waals surface area contributed by atoms with Crippen molar-refractivity contribution in [2.45, 2.75) is 32.4 Å². The van der Waals surface area contributed by atoms with Crippen molar-refractivity contribution in [1.29, 1.82) is 0 Å². The third kappa shape index (κ3) is 5.20. The second kappa shape index (κ2) is 7.73. The summed E-state index contributed by atoms with van der Waals surface area (Å²) in [7, 11) is 3.93. The molecule has 0 aromatic rings. The van der Waals surface area contributed by atoms with E-state index >= 15 is 0 Å². The molecule has 2 amide bonds. The number of carbonyl (C=O) groups is 2. The molecule has 1 aliphatic heterocycles. The predicted octanol–water partition coefficient (Wildman–Crippen LogP) is 1.13. The van der Waals surface area contributed by atoms with Crippen LogP contribution in [0.2, 0.25) is 0 Å². The van der Waals surface area contributed by atoms with Crippen LogP contribution in [-0.4, -0.2) is 71.3 Å². The van der Waals surface area contributed by atoms with Gasteiger partial charge in [0.1, 0.15) is 6.04 Å². The molecule has 1 fully saturated rings. The Morgan fingerprint density at radius 1 is 1.45 bits per heavy atom. The van der Waals surface area contributed by atoms with Crippen LogP contribution in [-0.2, 0) is 4.79 Å². The lowest BCUT2D eigenvalue weighted by Gasteiger charge is -2.28. The summed E-state index contributed by atoms with van der Waals surface area (Å²) in [5.41, 5.74) is 0. The van der Waals surface area contributed by atoms with Crippen LogP contribution in [0.15, 0.2) is 0 Å². The van der Waals surface area contributed by atoms with Gasteiger partial charge in [-0.1, -0.05) is 13.8 Å². The first-order valence-corrected chi connectivity index (χ1v) is 7.99. The van der Waals surface area contributed by atoms with Crippen molar-refractivity contribution in [2.24, 2.45) is 5.92 Å². The highest BCUT2D eigenvalue weighted by molar-refractivity contribution is 7.99. The average Bonchev–Trinajstić information content (AvgIpc) is 2.75. The van der Waals surface area contributed by atoms with E-state index in [-0.39, 0.29) is 12.1 Å². The minimum atomic E-state index is -0.932. The lowest BCUT2D eigenvalue weighted by molar-refractivity contribution is -0.140. The number of nitrogens with one attached hydrogen (secondary N) is 1. The minimum absolute atomic E-state index is 0.0394. The summed E-state index contributed by atoms with van der Waals surface area (Å²) < 4.78 is 0. The van der Waals surface area contributed by atoms with E-state index in [2.05, 4.69) is 19.2 Å². The Bertz CT molecular complexity index is 340. The molecule has 20 heavy (non-hydrogen) atoms. The number of hydrogen-bond acceptors (Lipinski definition) is 4. The standard InChI is InChI=1S/C13H25N3O3S/c1-9(2)5-10(6-15(3)4)14-13(19)16-8-20-7-11(16)12(17)18/h9-11H,5-8H2,1-4H3,(H,14,19)(H,17,18). The number of likely N-dealkylation sites (N-methyl/N-ethyl adjacent to an activating group) is 1. The molecule has 0 saturated carbocycles. The zero-order valence-corrected chi connectivity index (χ0v) is 13.4. The number of carbonyl (C=O) groups excluding carboxylic acids is 1. The number of nitrogens with zero attached hydrogens (tertiary/aromatic N) is 2. The van der Waals surface area contributed by atoms with Crippen molar-refractivity contribution in [3.63, 3.8) is 0 Å². The number of hydrogen-bond donors (Lipinski definition) is 2. The van der Waals surface area contributed by atoms with E-state index in [0.717, 1.165) is 13.0 Å². The predicted molar refractivity (Wildman–Crippen MR) is 80.9 cm³/mol. The van der Waals surface area contributed by atoms with Gasteiger partial charge in [0.25, 0.3) is 0 Å². The van der Waals surface area contributed by atoms with E-state index in [1.165, 1.54) is 16.7 Å². The highest BCUT2D eigenvalue weighted by atomic mass is 32.2. The Morgan fingerprint density at radius 3 is 2.60 bits per heavy atom. The van der Waals surface area contributed by atoms with Crippen LogP contribution in [0.3, 0.4) is 0 Å². The highest BCUT2D eigenvalue weighted by Crippen LogP contribution is 2.21. The molecule has 1 saturated heterocycles. The van der Waals surface area contributed by atoms with Gasteiger partial charge in [0.05, 0.1) is 5.88 Å². The van der Waals surface area contributed by atoms with Gasteiger partial charge in [0.15, 0.2) is 0 Å². The number of urea groups is 1. The van der Waals surface area contributed by atoms with Gasteiger partial charge >= 0.3 is 12.0 Å². The van der Waals surface area contributed by atoms with Crippen LogP contribution in [0.1, 0.15) is 20.3 Å². The quantitative estimate of drug-likeness (QED) is 0.769. The summed E-state index contributed by atoms with van der Waals surface area (Å²) in [6.07, 6.45) is 0.878. The summed E-state index contributed by atoms with van der Waals surface area (Å²) in [5, 5.41) is 12.1. The molecule has 6 nitrogen and oxygen atoms in total. The molecule has 1 rings (SSSR count). The molecule has 0 radical (unpaired) electrons. The Kier molecular flexibility index (Phi) is 6.61. The summed E-state index contributed by atoms with van der Waals surface area (Å²) in [5.74, 6) is 0.450. The van der Waals surface area contributed by atoms with Crippen LogP contribution in [0, 0.1) is 5.92 Å². The van der Waals surface area contributed by atoms with E-state index in [1.54, 1.807) is 0 Å². The highest BCUT2D eigenvalue weighted by Gasteiger charge is 2.35. The smallest absolute Gasteiger partial charge is 0.327 e. The summed E-state index contributed by atoms with van der Waals surface area (Å²) >= 11 is 1.48. The SMILES string of the molecule is CC(C)CC(CN(C)C)NC(=O)N1CSCC1C(=O)O. The maximum Gasteiger partial charge on any atom is 0.327 e. The molecule has 2 unspecified atom stereocenters. The zero-order valence-electron chi connectivity index (χ0n) is 12.6. The first kappa shape index (κ1) is 17.1. The fourth-order valence-corrected chi connectivity index (χ4v) is 3.44. The van der Waals surface area contributed by atoms with E-state index in [0.29, 0.717) is 17.5 Å². The van der Waals surface area contributed by atoms with Gasteiger partial charge < -0.3 is 20.2 Å². The summed E-state index contributed by atoms with van der Waals surface area (Å²) in [6, 6.07) is -0.938. The molecule has 0 aromatic carbocycles. The zero-order chi connectivity index (χ0) is 15.3. The lowest BCUT2D eigenvalue weighted by atomic mass is 10.0. The second-order valence-corrected chi connectivity index (χ2v) is 6.86. The normalized spacial score (nSPS) is 20.5. The third-order valence-electron chi connectivity index (χ3n) is 3.10. The van der Waals surface area contributed by atoms with Crippen LogP contribution in [0.25, 0.3) is 0 Å². The Labute approximate surface area is 124 Å². The minimum Gasteiger partial charge on any atom is -0.480 e. The maximum absolute atomic E-state index is 12.3. The van der Waals surface area contributed by atoms with Gasteiger partial charge in [0.2, 0.25) is 0 Å². The molecule has 1 aliphatic rings. The number of carboxylic acid groups (broad SMARTS) is 1. The summed E-state index contributed by atoms with van der Waals surface area (Å²) in [4.78, 5) is 26.8. The van der Waals surface area contributed by atoms with Crippen molar-refractivity contribution in [3.05, 3.63) is 0 Å². The topological polar surface area (TPSA) is 72.9 Å². The van der Waals surface area contributed by atoms with E-state index < -0.39 is 12.0 Å². The molecule has 0 aliphatic carbocycles. The van der Waals surface area contributed by atoms with Gasteiger partial charge in [-0.15, -0.1) is 11.8 Å². The maximum atomic E-state index is 12.3. The van der Waals surface area contributed by atoms with Gasteiger partial charge in [-0.2, -0.15) is 0 Å². The van der Waals surface area contributed by atoms with Gasteiger partial charge in [-0.3, -0.25) is 0 Å². The molecule has 7 heteroatoms. The largest absolute Gasteiger partial charge is 0.480 e. The third-order valence-corrected chi connectivity index (χ3v) is 4.11. The molecule has 0 aromatic heterocycles. The van der Waals surface area contributed by atoms with E-state index in [9.17, 15) is 9.59 Å². The molecule has 1 heterocycles. The Morgan fingerprint density at radius 2 is 2.10 bits per heavy atom. The lowest BCUT2D eigenvalue weighted by Crippen LogP contribution is -2.52. The number of carboxylic acids is 1. The number of aliphatic carboxylic acids is 1. The van der Waals surface area contributed by atoms with E-state index in [1.807, 2.05) is 19.0 Å². The number of amides is 2. The van der Waals surface area contributed by atoms with Crippen LogP contribution < -0.4 is 5.32 Å². The number of thioether (sulfide) groups is 1. The summed E-state index contributed by atoms with van der Waals surface area (Å²) in [6.45, 7) is 4.98. The average molecular weight is 303 g/mol. The van der Waals surface area contributed by atoms with Crippen molar-refractivity contribution in [1.82, 2.24) is 15.1 Å². The van der Waals surface area contributed by atoms with Crippen molar-refractivity contribution >= 4 is 23.8 Å². The fraction of sp³-hybridized carbons (Fsp3) is 0.846. The molecule has 0 bridgehead atoms. The molecule has 2 N–H and O–H groups in total. The van der Waals surface area contributed by atoms with Gasteiger partial charge in [-0.05, 0) is 26.4 Å². The van der Waals surface area contributed by atoms with Crippen molar-refractivity contribution in [3.8, 4) is 0 Å². The molecule has 2 atom stereocenters. The van der Waals surface area contributed by atoms with Gasteiger partial charge in [0, 0.05) is 18.3 Å². The monoisotopic (exact) mass is 303 g/mol. The molecule has 116 valence electrons. The Hall–Kier alpha value is -0.950. The van der Waals surface area contributed by atoms with Crippen LogP contribution in [0.4, 0.5) is 4.79 Å².